The highest BCUT2D eigenvalue weighted by Crippen LogP contribution is 2.16. The third-order valence-corrected chi connectivity index (χ3v) is 2.81. The highest BCUT2D eigenvalue weighted by molar-refractivity contribution is 7.08. The van der Waals surface area contributed by atoms with E-state index in [1.807, 2.05) is 18.2 Å². The third-order valence-electron chi connectivity index (χ3n) is 2.11. The molecule has 1 heterocycles. The van der Waals surface area contributed by atoms with Crippen molar-refractivity contribution in [3.63, 3.8) is 0 Å². The second-order valence-electron chi connectivity index (χ2n) is 3.17. The van der Waals surface area contributed by atoms with Crippen molar-refractivity contribution in [1.29, 1.82) is 0 Å². The number of hydrogen-bond donors (Lipinski definition) is 0. The van der Waals surface area contributed by atoms with E-state index in [-0.39, 0.29) is 0 Å². The van der Waals surface area contributed by atoms with Gasteiger partial charge in [-0.05, 0) is 40.1 Å². The monoisotopic (exact) mass is 216 g/mol. The molecule has 1 nitrogen and oxygen atoms in total. The van der Waals surface area contributed by atoms with Gasteiger partial charge in [0.25, 0.3) is 0 Å². The minimum atomic E-state index is 0.891. The van der Waals surface area contributed by atoms with Crippen LogP contribution in [-0.4, -0.2) is 7.11 Å². The summed E-state index contributed by atoms with van der Waals surface area (Å²) in [5.74, 6) is 0.891. The first-order valence-electron chi connectivity index (χ1n) is 4.73. The van der Waals surface area contributed by atoms with Gasteiger partial charge in [-0.3, -0.25) is 0 Å². The topological polar surface area (TPSA) is 9.23 Å². The number of thiophene rings is 1. The molecule has 76 valence electrons. The van der Waals surface area contributed by atoms with E-state index >= 15 is 0 Å². The Morgan fingerprint density at radius 3 is 2.73 bits per heavy atom. The number of rotatable bonds is 3. The van der Waals surface area contributed by atoms with E-state index in [9.17, 15) is 0 Å². The van der Waals surface area contributed by atoms with Crippen molar-refractivity contribution in [3.05, 3.63) is 52.2 Å². The van der Waals surface area contributed by atoms with Gasteiger partial charge >= 0.3 is 0 Å². The summed E-state index contributed by atoms with van der Waals surface area (Å²) < 4.78 is 5.16. The lowest BCUT2D eigenvalue weighted by Gasteiger charge is -1.99. The minimum Gasteiger partial charge on any atom is -0.497 e. The maximum Gasteiger partial charge on any atom is 0.119 e. The normalized spacial score (nSPS) is 10.7. The molecule has 0 fully saturated rings. The first-order chi connectivity index (χ1) is 7.38. The summed E-state index contributed by atoms with van der Waals surface area (Å²) in [4.78, 5) is 0. The largest absolute Gasteiger partial charge is 0.497 e. The average molecular weight is 216 g/mol. The van der Waals surface area contributed by atoms with E-state index < -0.39 is 0 Å². The van der Waals surface area contributed by atoms with E-state index in [4.69, 9.17) is 4.74 Å². The van der Waals surface area contributed by atoms with Crippen molar-refractivity contribution in [2.75, 3.05) is 7.11 Å². The van der Waals surface area contributed by atoms with Crippen LogP contribution in [0.15, 0.2) is 41.1 Å². The number of benzene rings is 1. The quantitative estimate of drug-likeness (QED) is 0.755. The van der Waals surface area contributed by atoms with Gasteiger partial charge in [-0.25, -0.2) is 0 Å². The van der Waals surface area contributed by atoms with Crippen molar-refractivity contribution in [3.8, 4) is 5.75 Å². The smallest absolute Gasteiger partial charge is 0.119 e. The van der Waals surface area contributed by atoms with Crippen LogP contribution in [0.2, 0.25) is 0 Å². The Kier molecular flexibility index (Phi) is 3.20. The molecule has 2 rings (SSSR count). The van der Waals surface area contributed by atoms with Gasteiger partial charge in [-0.15, -0.1) is 0 Å². The average Bonchev–Trinajstić information content (AvgIpc) is 2.79. The standard InChI is InChI=1S/C13H12OS/c1-14-13-4-2-3-11(9-13)5-6-12-7-8-15-10-12/h2-10H,1H3/b6-5+. The fraction of sp³-hybridized carbons (Fsp3) is 0.0769. The third kappa shape index (κ3) is 2.70. The van der Waals surface area contributed by atoms with Crippen molar-refractivity contribution < 1.29 is 4.74 Å². The molecule has 0 atom stereocenters. The fourth-order valence-electron chi connectivity index (χ4n) is 1.31. The molecule has 0 radical (unpaired) electrons. The summed E-state index contributed by atoms with van der Waals surface area (Å²) in [6.07, 6.45) is 4.19. The molecule has 0 bridgehead atoms. The van der Waals surface area contributed by atoms with Gasteiger partial charge in [-0.1, -0.05) is 24.3 Å². The van der Waals surface area contributed by atoms with Gasteiger partial charge in [0.15, 0.2) is 0 Å². The van der Waals surface area contributed by atoms with Crippen LogP contribution < -0.4 is 4.74 Å². The maximum absolute atomic E-state index is 5.16. The summed E-state index contributed by atoms with van der Waals surface area (Å²) in [6.45, 7) is 0. The highest BCUT2D eigenvalue weighted by Gasteiger charge is 1.91. The molecule has 0 saturated carbocycles. The zero-order valence-electron chi connectivity index (χ0n) is 8.51. The molecule has 0 aliphatic rings. The highest BCUT2D eigenvalue weighted by atomic mass is 32.1. The number of hydrogen-bond acceptors (Lipinski definition) is 2. The van der Waals surface area contributed by atoms with Crippen molar-refractivity contribution in [2.45, 2.75) is 0 Å². The fourth-order valence-corrected chi connectivity index (χ4v) is 1.94. The Morgan fingerprint density at radius 2 is 2.00 bits per heavy atom. The summed E-state index contributed by atoms with van der Waals surface area (Å²) in [5, 5.41) is 4.20. The van der Waals surface area contributed by atoms with E-state index in [0.717, 1.165) is 11.3 Å². The van der Waals surface area contributed by atoms with Crippen LogP contribution in [0, 0.1) is 0 Å². The van der Waals surface area contributed by atoms with Crippen molar-refractivity contribution in [2.24, 2.45) is 0 Å². The molecule has 0 spiro atoms. The lowest BCUT2D eigenvalue weighted by molar-refractivity contribution is 0.414. The van der Waals surface area contributed by atoms with Crippen molar-refractivity contribution >= 4 is 23.5 Å². The van der Waals surface area contributed by atoms with Crippen LogP contribution in [0.1, 0.15) is 11.1 Å². The van der Waals surface area contributed by atoms with Gasteiger partial charge < -0.3 is 4.74 Å². The zero-order chi connectivity index (χ0) is 10.5. The Labute approximate surface area is 93.6 Å². The van der Waals surface area contributed by atoms with Crippen LogP contribution in [0.5, 0.6) is 5.75 Å². The first kappa shape index (κ1) is 9.99. The van der Waals surface area contributed by atoms with Gasteiger partial charge in [0, 0.05) is 0 Å². The summed E-state index contributed by atoms with van der Waals surface area (Å²) in [5.41, 5.74) is 2.39. The van der Waals surface area contributed by atoms with Crippen LogP contribution >= 0.6 is 11.3 Å². The molecule has 0 aliphatic carbocycles. The second-order valence-corrected chi connectivity index (χ2v) is 3.95. The molecule has 0 amide bonds. The van der Waals surface area contributed by atoms with Crippen LogP contribution in [0.25, 0.3) is 12.2 Å². The molecular weight excluding hydrogens is 204 g/mol. The van der Waals surface area contributed by atoms with Gasteiger partial charge in [-0.2, -0.15) is 11.3 Å². The Hall–Kier alpha value is -1.54. The summed E-state index contributed by atoms with van der Waals surface area (Å²) in [6, 6.07) is 10.1. The van der Waals surface area contributed by atoms with E-state index in [0.29, 0.717) is 0 Å². The molecule has 0 unspecified atom stereocenters. The predicted octanol–water partition coefficient (Wildman–Crippen LogP) is 3.93. The second kappa shape index (κ2) is 4.80. The Morgan fingerprint density at radius 1 is 1.13 bits per heavy atom. The molecule has 15 heavy (non-hydrogen) atoms. The molecule has 0 aliphatic heterocycles. The van der Waals surface area contributed by atoms with E-state index in [1.165, 1.54) is 5.56 Å². The van der Waals surface area contributed by atoms with Crippen molar-refractivity contribution in [1.82, 2.24) is 0 Å². The lowest BCUT2D eigenvalue weighted by atomic mass is 10.2. The molecule has 0 saturated heterocycles. The Bertz CT molecular complexity index is 443. The first-order valence-corrected chi connectivity index (χ1v) is 5.67. The molecular formula is C13H12OS. The molecule has 0 N–H and O–H groups in total. The minimum absolute atomic E-state index is 0.891. The summed E-state index contributed by atoms with van der Waals surface area (Å²) >= 11 is 1.71. The van der Waals surface area contributed by atoms with Gasteiger partial charge in [0.05, 0.1) is 7.11 Å². The molecule has 1 aromatic heterocycles. The van der Waals surface area contributed by atoms with Crippen LogP contribution in [-0.2, 0) is 0 Å². The number of ether oxygens (including phenoxy) is 1. The Balaban J connectivity index is 2.17. The van der Waals surface area contributed by atoms with Gasteiger partial charge in [0.1, 0.15) is 5.75 Å². The molecule has 2 heteroatoms. The van der Waals surface area contributed by atoms with E-state index in [2.05, 4.69) is 35.0 Å². The number of methoxy groups -OCH3 is 1. The van der Waals surface area contributed by atoms with Crippen LogP contribution in [0.4, 0.5) is 0 Å². The molecule has 1 aromatic carbocycles. The molecule has 2 aromatic rings. The van der Waals surface area contributed by atoms with Crippen LogP contribution in [0.3, 0.4) is 0 Å². The lowest BCUT2D eigenvalue weighted by Crippen LogP contribution is -1.81. The zero-order valence-corrected chi connectivity index (χ0v) is 9.33. The SMILES string of the molecule is COc1cccc(/C=C/c2ccsc2)c1. The predicted molar refractivity (Wildman–Crippen MR) is 66.2 cm³/mol. The maximum atomic E-state index is 5.16. The van der Waals surface area contributed by atoms with Gasteiger partial charge in [0.2, 0.25) is 0 Å². The van der Waals surface area contributed by atoms with E-state index in [1.54, 1.807) is 18.4 Å². The summed E-state index contributed by atoms with van der Waals surface area (Å²) in [7, 11) is 1.68.